The number of phenolic OH excluding ortho intramolecular Hbond substituents is 1. The molecule has 0 saturated carbocycles. The van der Waals surface area contributed by atoms with E-state index in [-0.39, 0.29) is 41.9 Å². The zero-order valence-corrected chi connectivity index (χ0v) is 24.6. The van der Waals surface area contributed by atoms with Crippen molar-refractivity contribution in [1.82, 2.24) is 4.90 Å². The highest BCUT2D eigenvalue weighted by Gasteiger charge is 2.56. The number of imide groups is 1. The van der Waals surface area contributed by atoms with Gasteiger partial charge < -0.3 is 14.9 Å². The quantitative estimate of drug-likeness (QED) is 0.118. The average Bonchev–Trinajstić information content (AvgIpc) is 3.52. The number of allylic oxidation sites excluding steroid dienone is 2. The molecule has 2 amide bonds. The molecule has 2 aromatic rings. The van der Waals surface area contributed by atoms with E-state index in [9.17, 15) is 23.9 Å². The van der Waals surface area contributed by atoms with E-state index < -0.39 is 17.7 Å². The van der Waals surface area contributed by atoms with Gasteiger partial charge >= 0.3 is 5.97 Å². The molecule has 0 aromatic heterocycles. The highest BCUT2D eigenvalue weighted by atomic mass is 19.1. The van der Waals surface area contributed by atoms with Crippen LogP contribution in [0.3, 0.4) is 0 Å². The van der Waals surface area contributed by atoms with Crippen LogP contribution in [0.2, 0.25) is 0 Å². The first-order valence-corrected chi connectivity index (χ1v) is 15.4. The Morgan fingerprint density at radius 2 is 1.84 bits per heavy atom. The van der Waals surface area contributed by atoms with Gasteiger partial charge in [-0.25, -0.2) is 4.39 Å². The number of phenols is 1. The molecule has 0 bridgehead atoms. The smallest absolute Gasteiger partial charge is 0.303 e. The first-order valence-electron chi connectivity index (χ1n) is 15.4. The van der Waals surface area contributed by atoms with Crippen LogP contribution in [0.25, 0.3) is 11.6 Å². The van der Waals surface area contributed by atoms with Crippen LogP contribution in [-0.4, -0.2) is 52.2 Å². The summed E-state index contributed by atoms with van der Waals surface area (Å²) in [5, 5.41) is 18.5. The van der Waals surface area contributed by atoms with E-state index in [1.165, 1.54) is 28.2 Å². The first kappa shape index (κ1) is 30.7. The Kier molecular flexibility index (Phi) is 9.76. The summed E-state index contributed by atoms with van der Waals surface area (Å²) in [6.07, 6.45) is 7.40. The van der Waals surface area contributed by atoms with Crippen LogP contribution in [0, 0.1) is 23.6 Å². The van der Waals surface area contributed by atoms with E-state index >= 15 is 0 Å². The van der Waals surface area contributed by atoms with Gasteiger partial charge in [-0.2, -0.15) is 0 Å². The normalized spacial score (nSPS) is 23.6. The Labute approximate surface area is 252 Å². The van der Waals surface area contributed by atoms with Gasteiger partial charge in [0, 0.05) is 18.9 Å². The summed E-state index contributed by atoms with van der Waals surface area (Å²) in [5.74, 6) is -2.98. The van der Waals surface area contributed by atoms with E-state index in [0.717, 1.165) is 24.0 Å². The fourth-order valence-corrected chi connectivity index (χ4v) is 7.07. The van der Waals surface area contributed by atoms with Crippen molar-refractivity contribution in [3.63, 3.8) is 0 Å². The SMILES string of the molecule is CCCC1=C2[C@@H](CC/C(=C/c3ccc(O)c(F)c3)c3ccccc3)OC[C@@H]2[C@@H]2C(=O)N(CCCCCC(=O)O)C(=O)[C@@H]2C1. The second kappa shape index (κ2) is 13.7. The summed E-state index contributed by atoms with van der Waals surface area (Å²) in [4.78, 5) is 39.3. The summed E-state index contributed by atoms with van der Waals surface area (Å²) in [6, 6.07) is 14.3. The number of ether oxygens (including phenoxy) is 1. The Hall–Kier alpha value is -3.78. The topological polar surface area (TPSA) is 104 Å². The van der Waals surface area contributed by atoms with E-state index in [1.54, 1.807) is 6.07 Å². The second-order valence-corrected chi connectivity index (χ2v) is 11.9. The molecule has 4 atom stereocenters. The number of carboxylic acid groups (broad SMARTS) is 1. The zero-order valence-electron chi connectivity index (χ0n) is 24.6. The molecule has 7 nitrogen and oxygen atoms in total. The summed E-state index contributed by atoms with van der Waals surface area (Å²) in [7, 11) is 0. The van der Waals surface area contributed by atoms with Crippen molar-refractivity contribution < 1.29 is 33.7 Å². The number of carbonyl (C=O) groups is 3. The number of carbonyl (C=O) groups excluding carboxylic acids is 2. The highest BCUT2D eigenvalue weighted by Crippen LogP contribution is 2.51. The monoisotopic (exact) mass is 589 g/mol. The van der Waals surface area contributed by atoms with Gasteiger partial charge in [0.1, 0.15) is 0 Å². The Bertz CT molecular complexity index is 1420. The third-order valence-corrected chi connectivity index (χ3v) is 9.06. The lowest BCUT2D eigenvalue weighted by Crippen LogP contribution is -2.34. The minimum atomic E-state index is -0.835. The molecular formula is C35H40FNO6. The molecule has 2 aliphatic heterocycles. The molecular weight excluding hydrogens is 549 g/mol. The largest absolute Gasteiger partial charge is 0.505 e. The number of halogens is 1. The maximum absolute atomic E-state index is 14.1. The molecule has 2 saturated heterocycles. The molecule has 2 N–H and O–H groups in total. The molecule has 1 aliphatic carbocycles. The molecule has 3 aliphatic rings. The predicted octanol–water partition coefficient (Wildman–Crippen LogP) is 6.61. The van der Waals surface area contributed by atoms with Crippen molar-refractivity contribution in [3.05, 3.63) is 76.6 Å². The van der Waals surface area contributed by atoms with Crippen molar-refractivity contribution in [2.75, 3.05) is 13.2 Å². The number of carboxylic acids is 1. The van der Waals surface area contributed by atoms with E-state index in [2.05, 4.69) is 6.92 Å². The minimum absolute atomic E-state index is 0.0919. The average molecular weight is 590 g/mol. The van der Waals surface area contributed by atoms with Crippen LogP contribution < -0.4 is 0 Å². The lowest BCUT2D eigenvalue weighted by molar-refractivity contribution is -0.141. The van der Waals surface area contributed by atoms with Crippen LogP contribution in [0.1, 0.15) is 75.8 Å². The number of aromatic hydroxyl groups is 1. The van der Waals surface area contributed by atoms with Gasteiger partial charge in [0.15, 0.2) is 11.6 Å². The number of benzene rings is 2. The molecule has 5 rings (SSSR count). The summed E-state index contributed by atoms with van der Waals surface area (Å²) in [5.41, 5.74) is 5.13. The molecule has 2 fully saturated rings. The summed E-state index contributed by atoms with van der Waals surface area (Å²) >= 11 is 0. The third kappa shape index (κ3) is 6.74. The minimum Gasteiger partial charge on any atom is -0.505 e. The Morgan fingerprint density at radius 1 is 1.05 bits per heavy atom. The van der Waals surface area contributed by atoms with Crippen molar-refractivity contribution in [3.8, 4) is 5.75 Å². The number of rotatable bonds is 13. The first-order chi connectivity index (χ1) is 20.8. The lowest BCUT2D eigenvalue weighted by Gasteiger charge is -2.32. The molecule has 2 heterocycles. The molecule has 8 heteroatoms. The number of likely N-dealkylation sites (tertiary alicyclic amines) is 1. The summed E-state index contributed by atoms with van der Waals surface area (Å²) in [6.45, 7) is 2.87. The number of aliphatic carboxylic acids is 1. The van der Waals surface area contributed by atoms with Crippen LogP contribution in [0.5, 0.6) is 5.75 Å². The zero-order chi connectivity index (χ0) is 30.5. The lowest BCUT2D eigenvalue weighted by atomic mass is 9.68. The Balaban J connectivity index is 1.34. The number of hydrogen-bond acceptors (Lipinski definition) is 5. The molecule has 2 aromatic carbocycles. The van der Waals surface area contributed by atoms with Gasteiger partial charge in [0.05, 0.1) is 24.5 Å². The van der Waals surface area contributed by atoms with Gasteiger partial charge in [0.2, 0.25) is 11.8 Å². The molecule has 228 valence electrons. The van der Waals surface area contributed by atoms with Gasteiger partial charge in [0.25, 0.3) is 0 Å². The van der Waals surface area contributed by atoms with E-state index in [1.807, 2.05) is 36.4 Å². The molecule has 0 spiro atoms. The van der Waals surface area contributed by atoms with Crippen molar-refractivity contribution in [1.29, 1.82) is 0 Å². The van der Waals surface area contributed by atoms with Crippen LogP contribution in [0.4, 0.5) is 4.39 Å². The predicted molar refractivity (Wildman–Crippen MR) is 161 cm³/mol. The fourth-order valence-electron chi connectivity index (χ4n) is 7.07. The Morgan fingerprint density at radius 3 is 2.56 bits per heavy atom. The third-order valence-electron chi connectivity index (χ3n) is 9.06. The number of amides is 2. The molecule has 43 heavy (non-hydrogen) atoms. The number of fused-ring (bicyclic) bond motifs is 3. The number of unbranched alkanes of at least 4 members (excludes halogenated alkanes) is 2. The number of nitrogens with zero attached hydrogens (tertiary/aromatic N) is 1. The number of hydrogen-bond donors (Lipinski definition) is 2. The molecule has 0 radical (unpaired) electrons. The van der Waals surface area contributed by atoms with Crippen LogP contribution in [0.15, 0.2) is 59.7 Å². The fraction of sp³-hybridized carbons (Fsp3) is 0.457. The van der Waals surface area contributed by atoms with Crippen molar-refractivity contribution in [2.45, 2.75) is 70.8 Å². The van der Waals surface area contributed by atoms with Gasteiger partial charge in [-0.3, -0.25) is 19.3 Å². The van der Waals surface area contributed by atoms with E-state index in [4.69, 9.17) is 9.84 Å². The van der Waals surface area contributed by atoms with Crippen molar-refractivity contribution >= 4 is 29.4 Å². The van der Waals surface area contributed by atoms with Gasteiger partial charge in [-0.15, -0.1) is 0 Å². The van der Waals surface area contributed by atoms with Crippen LogP contribution in [-0.2, 0) is 19.1 Å². The van der Waals surface area contributed by atoms with Gasteiger partial charge in [-0.1, -0.05) is 67.8 Å². The van der Waals surface area contributed by atoms with Crippen LogP contribution >= 0.6 is 0 Å². The molecule has 0 unspecified atom stereocenters. The second-order valence-electron chi connectivity index (χ2n) is 11.9. The highest BCUT2D eigenvalue weighted by molar-refractivity contribution is 6.06. The van der Waals surface area contributed by atoms with Crippen molar-refractivity contribution in [2.24, 2.45) is 17.8 Å². The summed E-state index contributed by atoms with van der Waals surface area (Å²) < 4.78 is 20.5. The maximum atomic E-state index is 14.1. The van der Waals surface area contributed by atoms with E-state index in [0.29, 0.717) is 57.2 Å². The standard InChI is InChI=1S/C35H40FNO6/c1-2-9-25-20-26-33(35(42)37(34(26)41)17-8-4-7-12-31(39)40)27-21-43-30(32(25)27)16-14-24(23-10-5-3-6-11-23)18-22-13-15-29(38)28(36)19-22/h3,5-6,10-11,13,15,18-19,26-27,30,33,38H,2,4,7-9,12,14,16-17,20-21H2,1H3,(H,39,40)/b24-18-/t26-,27+,30-,33-/m1/s1. The van der Waals surface area contributed by atoms with Gasteiger partial charge in [-0.05, 0) is 72.9 Å². The maximum Gasteiger partial charge on any atom is 0.303 e.